The molecule has 3 aromatic carbocycles. The number of carbonyl (C=O) groups excluding carboxylic acids is 2. The van der Waals surface area contributed by atoms with Crippen molar-refractivity contribution in [3.05, 3.63) is 137 Å². The first-order valence-electron chi connectivity index (χ1n) is 13.5. The molecular weight excluding hydrogens is 581 g/mol. The molecule has 0 radical (unpaired) electrons. The normalized spacial score (nSPS) is 16.0. The third-order valence-corrected chi connectivity index (χ3v) is 9.02. The standard InChI is InChI=1S/C33H26N4O4S2/c1-21-6-5-9-23(18-21)19-41-26-12-10-25(11-13-26)29(38)27-28(24-14-16-34-17-15-24)37(31(40)30(27)39)32-35-36-33(43-32)42-20-22-7-3-2-4-8-22/h2-18,28,38H,19-20H2,1H3. The molecule has 1 N–H and O–H groups in total. The summed E-state index contributed by atoms with van der Waals surface area (Å²) in [6, 6.07) is 27.3. The first-order chi connectivity index (χ1) is 21.0. The van der Waals surface area contributed by atoms with Gasteiger partial charge in [-0.25, -0.2) is 0 Å². The number of anilines is 1. The van der Waals surface area contributed by atoms with Crippen molar-refractivity contribution in [1.29, 1.82) is 0 Å². The van der Waals surface area contributed by atoms with Crippen molar-refractivity contribution >= 4 is 45.7 Å². The van der Waals surface area contributed by atoms with Crippen LogP contribution < -0.4 is 9.64 Å². The van der Waals surface area contributed by atoms with Gasteiger partial charge in [-0.05, 0) is 60.0 Å². The van der Waals surface area contributed by atoms with Crippen LogP contribution in [0.4, 0.5) is 5.13 Å². The van der Waals surface area contributed by atoms with E-state index in [9.17, 15) is 14.7 Å². The number of carbonyl (C=O) groups is 2. The van der Waals surface area contributed by atoms with E-state index in [2.05, 4.69) is 21.2 Å². The van der Waals surface area contributed by atoms with Gasteiger partial charge >= 0.3 is 5.91 Å². The zero-order chi connectivity index (χ0) is 29.8. The molecule has 1 aliphatic heterocycles. The third kappa shape index (κ3) is 6.20. The van der Waals surface area contributed by atoms with Gasteiger partial charge in [0.05, 0.1) is 11.6 Å². The summed E-state index contributed by atoms with van der Waals surface area (Å²) in [5.41, 5.74) is 4.30. The van der Waals surface area contributed by atoms with Gasteiger partial charge in [-0.2, -0.15) is 0 Å². The number of Topliss-reactive ketones (excluding diaryl/α,β-unsaturated/α-hetero) is 1. The van der Waals surface area contributed by atoms with Crippen molar-refractivity contribution in [2.24, 2.45) is 0 Å². The number of ether oxygens (including phenoxy) is 1. The summed E-state index contributed by atoms with van der Waals surface area (Å²) in [5.74, 6) is -0.563. The van der Waals surface area contributed by atoms with Crippen LogP contribution >= 0.6 is 23.1 Å². The lowest BCUT2D eigenvalue weighted by Gasteiger charge is -2.22. The second kappa shape index (κ2) is 12.6. The van der Waals surface area contributed by atoms with E-state index in [0.717, 1.165) is 16.7 Å². The lowest BCUT2D eigenvalue weighted by molar-refractivity contribution is -0.132. The number of aliphatic hydroxyl groups excluding tert-OH is 1. The number of ketones is 1. The molecule has 0 spiro atoms. The highest BCUT2D eigenvalue weighted by Crippen LogP contribution is 2.44. The van der Waals surface area contributed by atoms with Crippen LogP contribution in [0.15, 0.2) is 113 Å². The molecule has 1 amide bonds. The molecule has 3 heterocycles. The van der Waals surface area contributed by atoms with Crippen LogP contribution in [0.2, 0.25) is 0 Å². The SMILES string of the molecule is Cc1cccc(COc2ccc(C(O)=C3C(=O)C(=O)N(c4nnc(SCc5ccccc5)s4)C3c3ccncc3)cc2)c1. The number of amides is 1. The van der Waals surface area contributed by atoms with Crippen LogP contribution in [-0.2, 0) is 21.9 Å². The summed E-state index contributed by atoms with van der Waals surface area (Å²) >= 11 is 2.73. The van der Waals surface area contributed by atoms with Crippen molar-refractivity contribution in [3.8, 4) is 5.75 Å². The maximum atomic E-state index is 13.5. The summed E-state index contributed by atoms with van der Waals surface area (Å²) in [4.78, 5) is 32.3. The average molecular weight is 607 g/mol. The van der Waals surface area contributed by atoms with Gasteiger partial charge in [0.1, 0.15) is 18.1 Å². The molecule has 1 fully saturated rings. The zero-order valence-electron chi connectivity index (χ0n) is 23.1. The number of aryl methyl sites for hydroxylation is 1. The molecule has 1 aliphatic rings. The topological polar surface area (TPSA) is 106 Å². The molecule has 2 aromatic heterocycles. The number of aliphatic hydroxyl groups is 1. The molecule has 43 heavy (non-hydrogen) atoms. The minimum atomic E-state index is -0.903. The number of rotatable bonds is 9. The Bertz CT molecular complexity index is 1790. The van der Waals surface area contributed by atoms with Crippen LogP contribution in [0.3, 0.4) is 0 Å². The Hall–Kier alpha value is -4.80. The Kier molecular flexibility index (Phi) is 8.30. The minimum Gasteiger partial charge on any atom is -0.507 e. The highest BCUT2D eigenvalue weighted by atomic mass is 32.2. The van der Waals surface area contributed by atoms with Gasteiger partial charge in [0.25, 0.3) is 5.78 Å². The van der Waals surface area contributed by atoms with E-state index in [1.165, 1.54) is 28.0 Å². The smallest absolute Gasteiger partial charge is 0.301 e. The molecule has 1 unspecified atom stereocenters. The molecular formula is C33H26N4O4S2. The second-order valence-electron chi connectivity index (χ2n) is 9.88. The van der Waals surface area contributed by atoms with Gasteiger partial charge in [-0.3, -0.25) is 19.5 Å². The molecule has 1 saturated heterocycles. The summed E-state index contributed by atoms with van der Waals surface area (Å²) in [7, 11) is 0. The number of aromatic nitrogens is 3. The fraction of sp³-hybridized carbons (Fsp3) is 0.121. The minimum absolute atomic E-state index is 0.0293. The van der Waals surface area contributed by atoms with E-state index in [-0.39, 0.29) is 16.5 Å². The summed E-state index contributed by atoms with van der Waals surface area (Å²) < 4.78 is 6.57. The van der Waals surface area contributed by atoms with E-state index in [0.29, 0.717) is 33.6 Å². The lowest BCUT2D eigenvalue weighted by Crippen LogP contribution is -2.29. The fourth-order valence-electron chi connectivity index (χ4n) is 4.80. The first kappa shape index (κ1) is 28.3. The van der Waals surface area contributed by atoms with E-state index in [1.54, 1.807) is 48.8 Å². The largest absolute Gasteiger partial charge is 0.507 e. The fourth-order valence-corrected chi connectivity index (χ4v) is 6.62. The molecule has 6 rings (SSSR count). The predicted octanol–water partition coefficient (Wildman–Crippen LogP) is 6.74. The zero-order valence-corrected chi connectivity index (χ0v) is 24.7. The van der Waals surface area contributed by atoms with Crippen LogP contribution in [0, 0.1) is 6.92 Å². The van der Waals surface area contributed by atoms with Gasteiger partial charge in [0.15, 0.2) is 4.34 Å². The lowest BCUT2D eigenvalue weighted by atomic mass is 9.96. The molecule has 0 bridgehead atoms. The molecule has 0 saturated carbocycles. The van der Waals surface area contributed by atoms with Gasteiger partial charge in [0, 0.05) is 23.7 Å². The number of hydrogen-bond donors (Lipinski definition) is 1. The van der Waals surface area contributed by atoms with Crippen molar-refractivity contribution in [2.75, 3.05) is 4.90 Å². The molecule has 10 heteroatoms. The third-order valence-electron chi connectivity index (χ3n) is 6.89. The maximum absolute atomic E-state index is 13.5. The number of thioether (sulfide) groups is 1. The predicted molar refractivity (Wildman–Crippen MR) is 167 cm³/mol. The number of hydrogen-bond acceptors (Lipinski definition) is 9. The van der Waals surface area contributed by atoms with E-state index in [4.69, 9.17) is 4.74 Å². The highest BCUT2D eigenvalue weighted by molar-refractivity contribution is 8.00. The Morgan fingerprint density at radius 2 is 1.67 bits per heavy atom. The summed E-state index contributed by atoms with van der Waals surface area (Å²) in [6.45, 7) is 2.42. The van der Waals surface area contributed by atoms with Gasteiger partial charge in [0.2, 0.25) is 5.13 Å². The maximum Gasteiger partial charge on any atom is 0.301 e. The van der Waals surface area contributed by atoms with Gasteiger partial charge < -0.3 is 9.84 Å². The summed E-state index contributed by atoms with van der Waals surface area (Å²) in [5, 5.41) is 20.2. The van der Waals surface area contributed by atoms with Crippen LogP contribution in [0.1, 0.15) is 33.9 Å². The number of pyridine rings is 1. The van der Waals surface area contributed by atoms with Gasteiger partial charge in [-0.15, -0.1) is 10.2 Å². The molecule has 1 atom stereocenters. The number of benzene rings is 3. The van der Waals surface area contributed by atoms with Crippen molar-refractivity contribution in [2.45, 2.75) is 29.7 Å². The number of nitrogens with zero attached hydrogens (tertiary/aromatic N) is 4. The van der Waals surface area contributed by atoms with E-state index >= 15 is 0 Å². The quantitative estimate of drug-likeness (QED) is 0.0647. The van der Waals surface area contributed by atoms with Crippen LogP contribution in [0.5, 0.6) is 5.75 Å². The van der Waals surface area contributed by atoms with Crippen LogP contribution in [0.25, 0.3) is 5.76 Å². The Balaban J connectivity index is 1.28. The van der Waals surface area contributed by atoms with Crippen molar-refractivity contribution < 1.29 is 19.4 Å². The van der Waals surface area contributed by atoms with E-state index in [1.807, 2.05) is 55.5 Å². The van der Waals surface area contributed by atoms with E-state index < -0.39 is 17.7 Å². The second-order valence-corrected chi connectivity index (χ2v) is 12.1. The Morgan fingerprint density at radius 1 is 0.930 bits per heavy atom. The monoisotopic (exact) mass is 606 g/mol. The van der Waals surface area contributed by atoms with Gasteiger partial charge in [-0.1, -0.05) is 83.3 Å². The highest BCUT2D eigenvalue weighted by Gasteiger charge is 2.48. The molecule has 8 nitrogen and oxygen atoms in total. The van der Waals surface area contributed by atoms with Crippen molar-refractivity contribution in [1.82, 2.24) is 15.2 Å². The first-order valence-corrected chi connectivity index (χ1v) is 15.3. The molecule has 0 aliphatic carbocycles. The van der Waals surface area contributed by atoms with Crippen molar-refractivity contribution in [3.63, 3.8) is 0 Å². The van der Waals surface area contributed by atoms with Crippen LogP contribution in [-0.4, -0.2) is 32.0 Å². The summed E-state index contributed by atoms with van der Waals surface area (Å²) in [6.07, 6.45) is 3.16. The Labute approximate surface area is 256 Å². The molecule has 214 valence electrons. The molecule has 5 aromatic rings. The Morgan fingerprint density at radius 3 is 2.42 bits per heavy atom. The average Bonchev–Trinajstić information content (AvgIpc) is 3.61.